The van der Waals surface area contributed by atoms with E-state index in [0.717, 1.165) is 10.1 Å². The third kappa shape index (κ3) is 4.51. The molecule has 0 radical (unpaired) electrons. The van der Waals surface area contributed by atoms with Crippen molar-refractivity contribution in [3.8, 4) is 11.4 Å². The molecule has 3 aromatic rings. The Balaban J connectivity index is 1.86. The summed E-state index contributed by atoms with van der Waals surface area (Å²) in [7, 11) is 0. The van der Waals surface area contributed by atoms with Crippen LogP contribution in [-0.4, -0.2) is 21.6 Å². The topological polar surface area (TPSA) is 82.3 Å². The molecule has 0 aliphatic rings. The molecule has 1 aromatic heterocycles. The van der Waals surface area contributed by atoms with Gasteiger partial charge in [0.25, 0.3) is 0 Å². The molecular weight excluding hydrogens is 382 g/mol. The summed E-state index contributed by atoms with van der Waals surface area (Å²) >= 11 is 0. The third-order valence-corrected chi connectivity index (χ3v) is 4.65. The zero-order valence-corrected chi connectivity index (χ0v) is 17.3. The highest BCUT2D eigenvalue weighted by Crippen LogP contribution is 2.23. The molecule has 0 bridgehead atoms. The standard InChI is InChI=1S/C23H25N3O4/c1-4-30-20-12-8-7-11-19(20)26-14-13-25(22(28)23(26)29)15-21(27)24-18-10-6-5-9-17(18)16(2)3/h5-14,16H,4,15H2,1-3H3,(H,24,27). The van der Waals surface area contributed by atoms with Gasteiger partial charge in [-0.15, -0.1) is 0 Å². The maximum atomic E-state index is 12.7. The number of aromatic nitrogens is 2. The Morgan fingerprint density at radius 2 is 1.70 bits per heavy atom. The number of para-hydroxylation sites is 3. The van der Waals surface area contributed by atoms with E-state index in [1.54, 1.807) is 24.3 Å². The van der Waals surface area contributed by atoms with Gasteiger partial charge in [0.1, 0.15) is 12.3 Å². The van der Waals surface area contributed by atoms with Crippen LogP contribution in [0.2, 0.25) is 0 Å². The molecule has 0 fully saturated rings. The Morgan fingerprint density at radius 3 is 2.43 bits per heavy atom. The molecule has 7 heteroatoms. The van der Waals surface area contributed by atoms with Crippen molar-refractivity contribution in [2.45, 2.75) is 33.2 Å². The number of amides is 1. The van der Waals surface area contributed by atoms with Gasteiger partial charge in [-0.25, -0.2) is 0 Å². The van der Waals surface area contributed by atoms with E-state index in [0.29, 0.717) is 23.7 Å². The van der Waals surface area contributed by atoms with Crippen LogP contribution in [0.4, 0.5) is 5.69 Å². The largest absolute Gasteiger partial charge is 0.492 e. The quantitative estimate of drug-likeness (QED) is 0.610. The Kier molecular flexibility index (Phi) is 6.51. The fraction of sp³-hybridized carbons (Fsp3) is 0.261. The Hall–Kier alpha value is -3.61. The smallest absolute Gasteiger partial charge is 0.321 e. The van der Waals surface area contributed by atoms with Gasteiger partial charge >= 0.3 is 11.1 Å². The number of hydrogen-bond acceptors (Lipinski definition) is 4. The number of nitrogens with one attached hydrogen (secondary N) is 1. The number of nitrogens with zero attached hydrogens (tertiary/aromatic N) is 2. The van der Waals surface area contributed by atoms with Crippen LogP contribution in [0, 0.1) is 0 Å². The molecule has 0 aliphatic heterocycles. The summed E-state index contributed by atoms with van der Waals surface area (Å²) in [5, 5.41) is 2.83. The van der Waals surface area contributed by atoms with E-state index in [9.17, 15) is 14.4 Å². The SMILES string of the molecule is CCOc1ccccc1-n1ccn(CC(=O)Nc2ccccc2C(C)C)c(=O)c1=O. The number of ether oxygens (including phenoxy) is 1. The summed E-state index contributed by atoms with van der Waals surface area (Å²) in [4.78, 5) is 37.8. The molecule has 0 unspecified atom stereocenters. The molecule has 7 nitrogen and oxygen atoms in total. The van der Waals surface area contributed by atoms with Crippen LogP contribution in [0.3, 0.4) is 0 Å². The average Bonchev–Trinajstić information content (AvgIpc) is 2.73. The zero-order valence-electron chi connectivity index (χ0n) is 17.3. The van der Waals surface area contributed by atoms with Crippen LogP contribution in [0.1, 0.15) is 32.3 Å². The highest BCUT2D eigenvalue weighted by molar-refractivity contribution is 5.91. The van der Waals surface area contributed by atoms with Gasteiger partial charge in [-0.2, -0.15) is 0 Å². The summed E-state index contributed by atoms with van der Waals surface area (Å²) in [5.74, 6) is 0.359. The van der Waals surface area contributed by atoms with E-state index in [1.807, 2.05) is 45.0 Å². The second kappa shape index (κ2) is 9.26. The maximum absolute atomic E-state index is 12.7. The fourth-order valence-corrected chi connectivity index (χ4v) is 3.22. The average molecular weight is 407 g/mol. The Labute approximate surface area is 174 Å². The normalized spacial score (nSPS) is 10.8. The van der Waals surface area contributed by atoms with Crippen LogP contribution in [0.15, 0.2) is 70.5 Å². The van der Waals surface area contributed by atoms with Crippen LogP contribution in [0.25, 0.3) is 5.69 Å². The molecule has 1 amide bonds. The minimum atomic E-state index is -0.781. The lowest BCUT2D eigenvalue weighted by Gasteiger charge is -2.15. The predicted molar refractivity (Wildman–Crippen MR) is 117 cm³/mol. The molecule has 0 saturated carbocycles. The van der Waals surface area contributed by atoms with E-state index in [-0.39, 0.29) is 18.4 Å². The first-order valence-corrected chi connectivity index (χ1v) is 9.85. The maximum Gasteiger partial charge on any atom is 0.321 e. The molecule has 30 heavy (non-hydrogen) atoms. The molecule has 0 atom stereocenters. The van der Waals surface area contributed by atoms with E-state index in [1.165, 1.54) is 17.0 Å². The number of rotatable bonds is 7. The van der Waals surface area contributed by atoms with Crippen molar-refractivity contribution < 1.29 is 9.53 Å². The van der Waals surface area contributed by atoms with Gasteiger partial charge in [0.2, 0.25) is 5.91 Å². The summed E-state index contributed by atoms with van der Waals surface area (Å²) in [6.07, 6.45) is 2.90. The van der Waals surface area contributed by atoms with E-state index < -0.39 is 11.1 Å². The van der Waals surface area contributed by atoms with Crippen LogP contribution < -0.4 is 21.2 Å². The minimum absolute atomic E-state index is 0.235. The molecule has 156 valence electrons. The Morgan fingerprint density at radius 1 is 1.00 bits per heavy atom. The van der Waals surface area contributed by atoms with Gasteiger partial charge in [-0.1, -0.05) is 44.2 Å². The highest BCUT2D eigenvalue weighted by Gasteiger charge is 2.14. The van der Waals surface area contributed by atoms with E-state index >= 15 is 0 Å². The second-order valence-corrected chi connectivity index (χ2v) is 7.10. The molecule has 3 rings (SSSR count). The fourth-order valence-electron chi connectivity index (χ4n) is 3.22. The number of anilines is 1. The molecule has 0 aliphatic carbocycles. The van der Waals surface area contributed by atoms with Gasteiger partial charge in [0.15, 0.2) is 0 Å². The lowest BCUT2D eigenvalue weighted by atomic mass is 10.0. The van der Waals surface area contributed by atoms with Gasteiger partial charge < -0.3 is 10.1 Å². The first-order chi connectivity index (χ1) is 14.4. The van der Waals surface area contributed by atoms with Gasteiger partial charge in [-0.05, 0) is 36.6 Å². The molecule has 1 N–H and O–H groups in total. The van der Waals surface area contributed by atoms with Gasteiger partial charge in [-0.3, -0.25) is 23.5 Å². The monoisotopic (exact) mass is 407 g/mol. The highest BCUT2D eigenvalue weighted by atomic mass is 16.5. The second-order valence-electron chi connectivity index (χ2n) is 7.10. The summed E-state index contributed by atoms with van der Waals surface area (Å²) < 4.78 is 7.88. The lowest BCUT2D eigenvalue weighted by Crippen LogP contribution is -2.41. The van der Waals surface area contributed by atoms with Crippen molar-refractivity contribution in [1.82, 2.24) is 9.13 Å². The summed E-state index contributed by atoms with van der Waals surface area (Å²) in [6, 6.07) is 14.5. The van der Waals surface area contributed by atoms with Crippen molar-refractivity contribution in [3.63, 3.8) is 0 Å². The van der Waals surface area contributed by atoms with Crippen molar-refractivity contribution in [3.05, 3.63) is 87.2 Å². The first kappa shape index (κ1) is 21.1. The molecule has 1 heterocycles. The molecule has 0 saturated heterocycles. The zero-order chi connectivity index (χ0) is 21.7. The number of carbonyl (C=O) groups is 1. The van der Waals surface area contributed by atoms with Gasteiger partial charge in [0, 0.05) is 18.1 Å². The van der Waals surface area contributed by atoms with Crippen molar-refractivity contribution in [2.75, 3.05) is 11.9 Å². The van der Waals surface area contributed by atoms with Crippen LogP contribution in [0.5, 0.6) is 5.75 Å². The van der Waals surface area contributed by atoms with Gasteiger partial charge in [0.05, 0.1) is 12.3 Å². The van der Waals surface area contributed by atoms with E-state index in [4.69, 9.17) is 4.74 Å². The van der Waals surface area contributed by atoms with Crippen LogP contribution in [-0.2, 0) is 11.3 Å². The Bertz CT molecular complexity index is 1160. The van der Waals surface area contributed by atoms with Crippen molar-refractivity contribution in [1.29, 1.82) is 0 Å². The van der Waals surface area contributed by atoms with Crippen LogP contribution >= 0.6 is 0 Å². The summed E-state index contributed by atoms with van der Waals surface area (Å²) in [6.45, 7) is 6.09. The summed E-state index contributed by atoms with van der Waals surface area (Å²) in [5.41, 5.74) is 0.644. The van der Waals surface area contributed by atoms with E-state index in [2.05, 4.69) is 5.32 Å². The minimum Gasteiger partial charge on any atom is -0.492 e. The number of benzene rings is 2. The third-order valence-electron chi connectivity index (χ3n) is 4.65. The number of carbonyl (C=O) groups excluding carboxylic acids is 1. The molecular formula is C23H25N3O4. The predicted octanol–water partition coefficient (Wildman–Crippen LogP) is 3.16. The number of hydrogen-bond donors (Lipinski definition) is 1. The molecule has 0 spiro atoms. The van der Waals surface area contributed by atoms with Crippen molar-refractivity contribution in [2.24, 2.45) is 0 Å². The van der Waals surface area contributed by atoms with Crippen molar-refractivity contribution >= 4 is 11.6 Å². The first-order valence-electron chi connectivity index (χ1n) is 9.85. The lowest BCUT2D eigenvalue weighted by molar-refractivity contribution is -0.116. The molecule has 2 aromatic carbocycles.